The Morgan fingerprint density at radius 1 is 1.24 bits per heavy atom. The fraction of sp³-hybridized carbons (Fsp3) is 0.562. The molecule has 0 aliphatic heterocycles. The van der Waals surface area contributed by atoms with Gasteiger partial charge in [-0.1, -0.05) is 19.1 Å². The number of rotatable bonds is 5. The Hall–Kier alpha value is -1.49. The van der Waals surface area contributed by atoms with Crippen molar-refractivity contribution >= 4 is 11.6 Å². The van der Waals surface area contributed by atoms with E-state index in [1.54, 1.807) is 0 Å². The Kier molecular flexibility index (Phi) is 5.28. The van der Waals surface area contributed by atoms with Crippen molar-refractivity contribution in [2.24, 2.45) is 5.92 Å². The first-order chi connectivity index (χ1) is 10.00. The monoisotopic (exact) mass is 296 g/mol. The van der Waals surface area contributed by atoms with Crippen molar-refractivity contribution in [1.29, 1.82) is 0 Å². The molecule has 0 atom stereocenters. The summed E-state index contributed by atoms with van der Waals surface area (Å²) in [5.41, 5.74) is 1.87. The van der Waals surface area contributed by atoms with Crippen LogP contribution in [0.15, 0.2) is 24.3 Å². The summed E-state index contributed by atoms with van der Waals surface area (Å²) < 4.78 is 26.2. The Morgan fingerprint density at radius 3 is 2.43 bits per heavy atom. The molecule has 1 fully saturated rings. The molecule has 21 heavy (non-hydrogen) atoms. The zero-order chi connectivity index (χ0) is 15.3. The molecule has 1 saturated carbocycles. The molecule has 0 heterocycles. The van der Waals surface area contributed by atoms with E-state index in [1.807, 2.05) is 31.2 Å². The normalized spacial score (nSPS) is 18.4. The fourth-order valence-corrected chi connectivity index (χ4v) is 2.52. The number of alkyl halides is 2. The molecule has 2 N–H and O–H groups in total. The van der Waals surface area contributed by atoms with Crippen LogP contribution in [0.2, 0.25) is 0 Å². The van der Waals surface area contributed by atoms with Crippen LogP contribution in [0.3, 0.4) is 0 Å². The summed E-state index contributed by atoms with van der Waals surface area (Å²) in [6.07, 6.45) is 0.147. The van der Waals surface area contributed by atoms with Crippen LogP contribution in [-0.2, 0) is 11.3 Å². The second-order valence-corrected chi connectivity index (χ2v) is 5.60. The van der Waals surface area contributed by atoms with Gasteiger partial charge in [-0.05, 0) is 37.1 Å². The second-order valence-electron chi connectivity index (χ2n) is 5.60. The number of hydrogen-bond acceptors (Lipinski definition) is 2. The molecule has 1 aliphatic rings. The van der Waals surface area contributed by atoms with E-state index in [4.69, 9.17) is 0 Å². The van der Waals surface area contributed by atoms with Gasteiger partial charge in [0.05, 0.1) is 0 Å². The molecule has 116 valence electrons. The predicted molar refractivity (Wildman–Crippen MR) is 79.4 cm³/mol. The molecule has 3 nitrogen and oxygen atoms in total. The lowest BCUT2D eigenvalue weighted by Gasteiger charge is -2.27. The average molecular weight is 296 g/mol. The van der Waals surface area contributed by atoms with E-state index in [-0.39, 0.29) is 37.5 Å². The van der Waals surface area contributed by atoms with E-state index in [0.717, 1.165) is 24.3 Å². The van der Waals surface area contributed by atoms with Crippen LogP contribution in [-0.4, -0.2) is 18.4 Å². The van der Waals surface area contributed by atoms with Crippen molar-refractivity contribution in [3.8, 4) is 0 Å². The smallest absolute Gasteiger partial charge is 0.248 e. The minimum Gasteiger partial charge on any atom is -0.326 e. The Balaban J connectivity index is 1.85. The third kappa shape index (κ3) is 4.77. The maximum Gasteiger partial charge on any atom is 0.248 e. The van der Waals surface area contributed by atoms with E-state index in [0.29, 0.717) is 0 Å². The molecule has 0 saturated heterocycles. The van der Waals surface area contributed by atoms with Crippen molar-refractivity contribution in [2.75, 3.05) is 11.9 Å². The average Bonchev–Trinajstić information content (AvgIpc) is 2.46. The summed E-state index contributed by atoms with van der Waals surface area (Å²) in [5.74, 6) is -3.04. The van der Waals surface area contributed by atoms with Crippen molar-refractivity contribution in [3.63, 3.8) is 0 Å². The molecule has 2 rings (SSSR count). The van der Waals surface area contributed by atoms with Crippen molar-refractivity contribution in [3.05, 3.63) is 29.8 Å². The molecule has 0 spiro atoms. The number of hydrogen-bond donors (Lipinski definition) is 2. The number of nitrogens with one attached hydrogen (secondary N) is 2. The first kappa shape index (κ1) is 15.9. The summed E-state index contributed by atoms with van der Waals surface area (Å²) in [5, 5.41) is 6.04. The minimum atomic E-state index is -2.59. The summed E-state index contributed by atoms with van der Waals surface area (Å²) in [6, 6.07) is 7.60. The van der Waals surface area contributed by atoms with Gasteiger partial charge in [-0.2, -0.15) is 0 Å². The van der Waals surface area contributed by atoms with E-state index in [1.165, 1.54) is 0 Å². The highest BCUT2D eigenvalue weighted by atomic mass is 19.3. The highest BCUT2D eigenvalue weighted by Crippen LogP contribution is 2.36. The molecule has 1 aromatic carbocycles. The Bertz CT molecular complexity index is 464. The van der Waals surface area contributed by atoms with Gasteiger partial charge < -0.3 is 10.6 Å². The number of carbonyl (C=O) groups is 1. The van der Waals surface area contributed by atoms with Gasteiger partial charge in [-0.15, -0.1) is 0 Å². The van der Waals surface area contributed by atoms with E-state index in [2.05, 4.69) is 10.6 Å². The fourth-order valence-electron chi connectivity index (χ4n) is 2.52. The summed E-state index contributed by atoms with van der Waals surface area (Å²) in [7, 11) is 0. The molecule has 0 bridgehead atoms. The molecule has 5 heteroatoms. The third-order valence-electron chi connectivity index (χ3n) is 3.89. The van der Waals surface area contributed by atoms with E-state index >= 15 is 0 Å². The quantitative estimate of drug-likeness (QED) is 0.872. The van der Waals surface area contributed by atoms with Gasteiger partial charge in [0.25, 0.3) is 0 Å². The van der Waals surface area contributed by atoms with Crippen LogP contribution in [0.25, 0.3) is 0 Å². The van der Waals surface area contributed by atoms with Gasteiger partial charge >= 0.3 is 0 Å². The number of benzene rings is 1. The number of anilines is 1. The lowest BCUT2D eigenvalue weighted by Crippen LogP contribution is -2.31. The Morgan fingerprint density at radius 2 is 1.86 bits per heavy atom. The molecule has 1 aliphatic carbocycles. The number of carbonyl (C=O) groups excluding carboxylic acids is 1. The number of halogens is 2. The molecule has 1 amide bonds. The zero-order valence-corrected chi connectivity index (χ0v) is 12.3. The molecule has 1 aromatic rings. The highest BCUT2D eigenvalue weighted by Gasteiger charge is 2.37. The summed E-state index contributed by atoms with van der Waals surface area (Å²) in [6.45, 7) is 3.75. The lowest BCUT2D eigenvalue weighted by molar-refractivity contribution is -0.124. The molecule has 0 radical (unpaired) electrons. The van der Waals surface area contributed by atoms with Crippen LogP contribution in [0.1, 0.15) is 38.2 Å². The van der Waals surface area contributed by atoms with Crippen molar-refractivity contribution in [2.45, 2.75) is 45.1 Å². The zero-order valence-electron chi connectivity index (χ0n) is 12.3. The SMILES string of the molecule is CCNCc1ccc(NC(=O)C2CCC(F)(F)CC2)cc1. The maximum atomic E-state index is 13.1. The van der Waals surface area contributed by atoms with Crippen LogP contribution >= 0.6 is 0 Å². The van der Waals surface area contributed by atoms with Gasteiger partial charge in [-0.25, -0.2) is 8.78 Å². The lowest BCUT2D eigenvalue weighted by atomic mass is 9.86. The molecular formula is C16H22F2N2O. The van der Waals surface area contributed by atoms with Crippen molar-refractivity contribution in [1.82, 2.24) is 5.32 Å². The topological polar surface area (TPSA) is 41.1 Å². The predicted octanol–water partition coefficient (Wildman–Crippen LogP) is 3.56. The Labute approximate surface area is 124 Å². The molecular weight excluding hydrogens is 274 g/mol. The van der Waals surface area contributed by atoms with Gasteiger partial charge in [-0.3, -0.25) is 4.79 Å². The number of amides is 1. The van der Waals surface area contributed by atoms with Gasteiger partial charge in [0.1, 0.15) is 0 Å². The largest absolute Gasteiger partial charge is 0.326 e. The molecule has 0 aromatic heterocycles. The van der Waals surface area contributed by atoms with Crippen LogP contribution < -0.4 is 10.6 Å². The van der Waals surface area contributed by atoms with Crippen molar-refractivity contribution < 1.29 is 13.6 Å². The van der Waals surface area contributed by atoms with E-state index < -0.39 is 5.92 Å². The van der Waals surface area contributed by atoms with Gasteiger partial charge in [0.2, 0.25) is 11.8 Å². The van der Waals surface area contributed by atoms with Gasteiger partial charge in [0.15, 0.2) is 0 Å². The highest BCUT2D eigenvalue weighted by molar-refractivity contribution is 5.92. The van der Waals surface area contributed by atoms with Gasteiger partial charge in [0, 0.05) is 31.0 Å². The first-order valence-corrected chi connectivity index (χ1v) is 7.48. The minimum absolute atomic E-state index is 0.148. The second kappa shape index (κ2) is 6.98. The van der Waals surface area contributed by atoms with Crippen LogP contribution in [0, 0.1) is 5.92 Å². The van der Waals surface area contributed by atoms with Crippen LogP contribution in [0.4, 0.5) is 14.5 Å². The molecule has 0 unspecified atom stereocenters. The third-order valence-corrected chi connectivity index (χ3v) is 3.89. The maximum absolute atomic E-state index is 13.1. The van der Waals surface area contributed by atoms with Crippen LogP contribution in [0.5, 0.6) is 0 Å². The summed E-state index contributed by atoms with van der Waals surface area (Å²) in [4.78, 5) is 12.1. The first-order valence-electron chi connectivity index (χ1n) is 7.48. The van der Waals surface area contributed by atoms with E-state index in [9.17, 15) is 13.6 Å². The summed E-state index contributed by atoms with van der Waals surface area (Å²) >= 11 is 0. The standard InChI is InChI=1S/C16H22F2N2O/c1-2-19-11-12-3-5-14(6-4-12)20-15(21)13-7-9-16(17,18)10-8-13/h3-6,13,19H,2,7-11H2,1H3,(H,20,21).